The number of pyridine rings is 1. The Bertz CT molecular complexity index is 971. The Morgan fingerprint density at radius 1 is 1.22 bits per heavy atom. The largest absolute Gasteiger partial charge is 0.347 e. The van der Waals surface area contributed by atoms with Crippen LogP contribution in [0.4, 0.5) is 8.78 Å². The highest BCUT2D eigenvalue weighted by atomic mass is 19.1. The van der Waals surface area contributed by atoms with Gasteiger partial charge in [-0.15, -0.1) is 0 Å². The van der Waals surface area contributed by atoms with E-state index in [1.54, 1.807) is 18.6 Å². The molecule has 0 radical (unpaired) electrons. The molecule has 1 aliphatic rings. The van der Waals surface area contributed by atoms with Gasteiger partial charge in [0.25, 0.3) is 5.91 Å². The van der Waals surface area contributed by atoms with Crippen LogP contribution in [0.25, 0.3) is 0 Å². The van der Waals surface area contributed by atoms with Crippen LogP contribution in [0.15, 0.2) is 48.9 Å². The first-order chi connectivity index (χ1) is 13.1. The summed E-state index contributed by atoms with van der Waals surface area (Å²) in [5.41, 5.74) is 1.65. The van der Waals surface area contributed by atoms with E-state index in [4.69, 9.17) is 0 Å². The number of carbonyl (C=O) groups is 1. The molecule has 3 heterocycles. The number of hydrogen-bond donors (Lipinski definition) is 1. The van der Waals surface area contributed by atoms with Gasteiger partial charge in [-0.3, -0.25) is 9.78 Å². The van der Waals surface area contributed by atoms with Crippen LogP contribution in [-0.4, -0.2) is 20.4 Å². The lowest BCUT2D eigenvalue weighted by Crippen LogP contribution is -2.23. The number of hydrogen-bond acceptors (Lipinski definition) is 3. The van der Waals surface area contributed by atoms with E-state index in [0.717, 1.165) is 23.5 Å². The number of imidazole rings is 1. The number of aromatic nitrogens is 3. The Morgan fingerprint density at radius 2 is 2.04 bits per heavy atom. The Morgan fingerprint density at radius 3 is 2.85 bits per heavy atom. The highest BCUT2D eigenvalue weighted by Gasteiger charge is 2.25. The molecule has 1 aromatic carbocycles. The van der Waals surface area contributed by atoms with Crippen LogP contribution in [0, 0.1) is 11.6 Å². The molecule has 2 aromatic heterocycles. The third-order valence-corrected chi connectivity index (χ3v) is 4.83. The summed E-state index contributed by atoms with van der Waals surface area (Å²) in [5, 5.41) is 2.83. The Balaban J connectivity index is 1.47. The third kappa shape index (κ3) is 3.72. The molecular weight excluding hydrogens is 350 g/mol. The smallest absolute Gasteiger partial charge is 0.271 e. The molecular formula is C20H18F2N4O. The zero-order valence-corrected chi connectivity index (χ0v) is 14.5. The number of benzene rings is 1. The predicted molar refractivity (Wildman–Crippen MR) is 95.1 cm³/mol. The second kappa shape index (κ2) is 7.26. The van der Waals surface area contributed by atoms with Gasteiger partial charge in [0.05, 0.1) is 0 Å². The highest BCUT2D eigenvalue weighted by molar-refractivity contribution is 5.92. The van der Waals surface area contributed by atoms with Crippen LogP contribution in [0.2, 0.25) is 0 Å². The van der Waals surface area contributed by atoms with Crippen molar-refractivity contribution in [3.8, 4) is 0 Å². The lowest BCUT2D eigenvalue weighted by atomic mass is 9.91. The SMILES string of the molecule is O=C(NCc1ccncc1)c1cn2c(n1)CCC(c1cc(F)ccc1F)C2. The maximum absolute atomic E-state index is 14.1. The van der Waals surface area contributed by atoms with E-state index >= 15 is 0 Å². The Kier molecular flexibility index (Phi) is 4.66. The molecule has 1 aliphatic heterocycles. The maximum Gasteiger partial charge on any atom is 0.271 e. The standard InChI is InChI=1S/C20H18F2N4O/c21-15-2-3-17(22)16(9-15)14-1-4-19-25-18(12-26(19)11-14)20(27)24-10-13-5-7-23-8-6-13/h2-3,5-9,12,14H,1,4,10-11H2,(H,24,27). The van der Waals surface area contributed by atoms with Crippen LogP contribution < -0.4 is 5.32 Å². The van der Waals surface area contributed by atoms with Crippen molar-refractivity contribution in [3.63, 3.8) is 0 Å². The number of halogens is 2. The summed E-state index contributed by atoms with van der Waals surface area (Å²) in [5.74, 6) is -0.464. The third-order valence-electron chi connectivity index (χ3n) is 4.83. The zero-order chi connectivity index (χ0) is 18.8. The topological polar surface area (TPSA) is 59.8 Å². The van der Waals surface area contributed by atoms with Gasteiger partial charge in [0.1, 0.15) is 23.2 Å². The summed E-state index contributed by atoms with van der Waals surface area (Å²) >= 11 is 0. The molecule has 0 saturated heterocycles. The molecule has 4 rings (SSSR count). The lowest BCUT2D eigenvalue weighted by molar-refractivity contribution is 0.0946. The van der Waals surface area contributed by atoms with E-state index in [1.807, 2.05) is 16.7 Å². The Hall–Kier alpha value is -3.09. The molecule has 7 heteroatoms. The fourth-order valence-corrected chi connectivity index (χ4v) is 3.41. The van der Waals surface area contributed by atoms with Crippen molar-refractivity contribution in [2.24, 2.45) is 0 Å². The van der Waals surface area contributed by atoms with Crippen molar-refractivity contribution < 1.29 is 13.6 Å². The molecule has 1 unspecified atom stereocenters. The molecule has 27 heavy (non-hydrogen) atoms. The van der Waals surface area contributed by atoms with Gasteiger partial charge in [-0.05, 0) is 47.9 Å². The summed E-state index contributed by atoms with van der Waals surface area (Å²) in [6.45, 7) is 0.862. The molecule has 0 bridgehead atoms. The van der Waals surface area contributed by atoms with Crippen LogP contribution >= 0.6 is 0 Å². The van der Waals surface area contributed by atoms with Crippen LogP contribution in [0.5, 0.6) is 0 Å². The summed E-state index contributed by atoms with van der Waals surface area (Å²) < 4.78 is 29.4. The minimum Gasteiger partial charge on any atom is -0.347 e. The van der Waals surface area contributed by atoms with Crippen molar-refractivity contribution in [2.75, 3.05) is 0 Å². The number of carbonyl (C=O) groups excluding carboxylic acids is 1. The molecule has 0 spiro atoms. The van der Waals surface area contributed by atoms with E-state index in [2.05, 4.69) is 15.3 Å². The van der Waals surface area contributed by atoms with E-state index < -0.39 is 11.6 Å². The predicted octanol–water partition coefficient (Wildman–Crippen LogP) is 3.22. The second-order valence-corrected chi connectivity index (χ2v) is 6.63. The van der Waals surface area contributed by atoms with E-state index in [1.165, 1.54) is 6.07 Å². The average molecular weight is 368 g/mol. The first-order valence-electron chi connectivity index (χ1n) is 8.78. The highest BCUT2D eigenvalue weighted by Crippen LogP contribution is 2.30. The van der Waals surface area contributed by atoms with Crippen molar-refractivity contribution in [3.05, 3.63) is 83.2 Å². The quantitative estimate of drug-likeness (QED) is 0.769. The van der Waals surface area contributed by atoms with Crippen LogP contribution in [0.1, 0.15) is 39.8 Å². The molecule has 5 nitrogen and oxygen atoms in total. The minimum absolute atomic E-state index is 0.143. The lowest BCUT2D eigenvalue weighted by Gasteiger charge is -2.24. The van der Waals surface area contributed by atoms with Gasteiger partial charge >= 0.3 is 0 Å². The van der Waals surface area contributed by atoms with Crippen molar-refractivity contribution >= 4 is 5.91 Å². The maximum atomic E-state index is 14.1. The van der Waals surface area contributed by atoms with Crippen molar-refractivity contribution in [1.29, 1.82) is 0 Å². The fraction of sp³-hybridized carbons (Fsp3) is 0.250. The number of nitrogens with one attached hydrogen (secondary N) is 1. The Labute approximate surface area is 155 Å². The number of rotatable bonds is 4. The van der Waals surface area contributed by atoms with Gasteiger partial charge in [0.2, 0.25) is 0 Å². The summed E-state index contributed by atoms with van der Waals surface area (Å²) in [6, 6.07) is 7.19. The molecule has 3 aromatic rings. The minimum atomic E-state index is -0.445. The summed E-state index contributed by atoms with van der Waals surface area (Å²) in [7, 11) is 0. The molecule has 0 fully saturated rings. The summed E-state index contributed by atoms with van der Waals surface area (Å²) in [4.78, 5) is 20.7. The van der Waals surface area contributed by atoms with E-state index in [-0.39, 0.29) is 11.8 Å². The average Bonchev–Trinajstić information content (AvgIpc) is 3.12. The molecule has 1 amide bonds. The van der Waals surface area contributed by atoms with Crippen LogP contribution in [0.3, 0.4) is 0 Å². The molecule has 1 N–H and O–H groups in total. The van der Waals surface area contributed by atoms with Gasteiger partial charge < -0.3 is 9.88 Å². The number of amides is 1. The summed E-state index contributed by atoms with van der Waals surface area (Å²) in [6.07, 6.45) is 6.29. The second-order valence-electron chi connectivity index (χ2n) is 6.63. The zero-order valence-electron chi connectivity index (χ0n) is 14.5. The first-order valence-corrected chi connectivity index (χ1v) is 8.78. The van der Waals surface area contributed by atoms with E-state index in [0.29, 0.717) is 37.2 Å². The van der Waals surface area contributed by atoms with Gasteiger partial charge in [-0.1, -0.05) is 0 Å². The van der Waals surface area contributed by atoms with E-state index in [9.17, 15) is 13.6 Å². The molecule has 0 saturated carbocycles. The van der Waals surface area contributed by atoms with Crippen molar-refractivity contribution in [2.45, 2.75) is 31.8 Å². The monoisotopic (exact) mass is 368 g/mol. The normalized spacial score (nSPS) is 16.0. The van der Waals surface area contributed by atoms with Gasteiger partial charge in [-0.2, -0.15) is 0 Å². The van der Waals surface area contributed by atoms with Crippen molar-refractivity contribution in [1.82, 2.24) is 19.9 Å². The number of nitrogens with zero attached hydrogens (tertiary/aromatic N) is 3. The fourth-order valence-electron chi connectivity index (χ4n) is 3.41. The van der Waals surface area contributed by atoms with Crippen LogP contribution in [-0.2, 0) is 19.5 Å². The number of fused-ring (bicyclic) bond motifs is 1. The van der Waals surface area contributed by atoms with Gasteiger partial charge in [0.15, 0.2) is 0 Å². The number of aryl methyl sites for hydroxylation is 1. The molecule has 0 aliphatic carbocycles. The van der Waals surface area contributed by atoms with Gasteiger partial charge in [0, 0.05) is 44.0 Å². The van der Waals surface area contributed by atoms with Gasteiger partial charge in [-0.25, -0.2) is 13.8 Å². The molecule has 138 valence electrons. The molecule has 1 atom stereocenters. The first kappa shape index (κ1) is 17.3.